The van der Waals surface area contributed by atoms with E-state index in [4.69, 9.17) is 4.74 Å². The maximum absolute atomic E-state index is 11.4. The Labute approximate surface area is 100 Å². The second-order valence-electron chi connectivity index (χ2n) is 3.56. The number of fused-ring (bicyclic) bond motifs is 1. The summed E-state index contributed by atoms with van der Waals surface area (Å²) in [7, 11) is 1.22. The standard InChI is InChI=1S/C12H8O6/c1-17-9(13)5-18-6-2-3-7-8(4-6)11(15)12(16)10(7)14/h2-4H,5H2,1H3. The van der Waals surface area contributed by atoms with Gasteiger partial charge in [-0.15, -0.1) is 0 Å². The van der Waals surface area contributed by atoms with Gasteiger partial charge in [-0.3, -0.25) is 14.4 Å². The Morgan fingerprint density at radius 3 is 2.39 bits per heavy atom. The Bertz CT molecular complexity index is 751. The van der Waals surface area contributed by atoms with Crippen LogP contribution in [0, 0.1) is 0 Å². The van der Waals surface area contributed by atoms with Crippen LogP contribution in [-0.2, 0) is 9.53 Å². The highest BCUT2D eigenvalue weighted by Gasteiger charge is 2.13. The van der Waals surface area contributed by atoms with Crippen molar-refractivity contribution >= 4 is 16.7 Å². The van der Waals surface area contributed by atoms with Crippen molar-refractivity contribution in [2.75, 3.05) is 13.7 Å². The van der Waals surface area contributed by atoms with Gasteiger partial charge in [0, 0.05) is 10.8 Å². The minimum absolute atomic E-state index is 0.00682. The molecule has 0 heterocycles. The number of carbonyl (C=O) groups is 1. The molecule has 0 saturated heterocycles. The highest BCUT2D eigenvalue weighted by molar-refractivity contribution is 5.85. The average Bonchev–Trinajstić information content (AvgIpc) is 2.61. The molecule has 0 amide bonds. The van der Waals surface area contributed by atoms with E-state index >= 15 is 0 Å². The van der Waals surface area contributed by atoms with Crippen molar-refractivity contribution in [3.63, 3.8) is 0 Å². The maximum Gasteiger partial charge on any atom is 0.343 e. The van der Waals surface area contributed by atoms with Crippen LogP contribution >= 0.6 is 0 Å². The van der Waals surface area contributed by atoms with Crippen molar-refractivity contribution in [1.29, 1.82) is 0 Å². The summed E-state index contributed by atoms with van der Waals surface area (Å²) >= 11 is 0. The zero-order chi connectivity index (χ0) is 13.3. The number of hydrogen-bond acceptors (Lipinski definition) is 6. The molecule has 0 fully saturated rings. The molecule has 0 unspecified atom stereocenters. The molecule has 0 N–H and O–H groups in total. The first-order chi connectivity index (χ1) is 8.54. The third kappa shape index (κ3) is 1.88. The lowest BCUT2D eigenvalue weighted by Gasteiger charge is -2.03. The third-order valence-corrected chi connectivity index (χ3v) is 2.48. The van der Waals surface area contributed by atoms with E-state index in [0.717, 1.165) is 0 Å². The first-order valence-electron chi connectivity index (χ1n) is 5.01. The van der Waals surface area contributed by atoms with Crippen LogP contribution < -0.4 is 21.0 Å². The molecule has 2 aromatic carbocycles. The fourth-order valence-corrected chi connectivity index (χ4v) is 1.55. The van der Waals surface area contributed by atoms with Gasteiger partial charge in [-0.2, -0.15) is 0 Å². The lowest BCUT2D eigenvalue weighted by Crippen LogP contribution is -2.29. The molecule has 0 aliphatic carbocycles. The topological polar surface area (TPSA) is 86.7 Å². The average molecular weight is 248 g/mol. The van der Waals surface area contributed by atoms with Gasteiger partial charge in [-0.1, -0.05) is 0 Å². The number of benzene rings is 1. The quantitative estimate of drug-likeness (QED) is 0.529. The highest BCUT2D eigenvalue weighted by atomic mass is 16.6. The molecule has 92 valence electrons. The van der Waals surface area contributed by atoms with Crippen LogP contribution in [0.25, 0.3) is 10.8 Å². The second kappa shape index (κ2) is 4.40. The fraction of sp³-hybridized carbons (Fsp3) is 0.167. The normalized spacial score (nSPS) is 10.5. The van der Waals surface area contributed by atoms with Crippen molar-refractivity contribution in [3.05, 3.63) is 48.9 Å². The molecule has 0 bridgehead atoms. The first-order valence-corrected chi connectivity index (χ1v) is 5.01. The Kier molecular flexibility index (Phi) is 2.93. The number of carbonyl (C=O) groups excluding carboxylic acids is 1. The monoisotopic (exact) mass is 248 g/mol. The van der Waals surface area contributed by atoms with Gasteiger partial charge in [0.1, 0.15) is 5.75 Å². The van der Waals surface area contributed by atoms with E-state index in [-0.39, 0.29) is 23.1 Å². The molecular formula is C12H8O6. The number of methoxy groups -OCH3 is 1. The minimum Gasteiger partial charge on any atom is -0.482 e. The van der Waals surface area contributed by atoms with E-state index in [1.807, 2.05) is 0 Å². The van der Waals surface area contributed by atoms with Crippen molar-refractivity contribution < 1.29 is 14.3 Å². The van der Waals surface area contributed by atoms with Crippen molar-refractivity contribution in [3.8, 4) is 5.75 Å². The van der Waals surface area contributed by atoms with E-state index in [0.29, 0.717) is 0 Å². The smallest absolute Gasteiger partial charge is 0.343 e. The fourth-order valence-electron chi connectivity index (χ4n) is 1.55. The van der Waals surface area contributed by atoms with E-state index in [1.165, 1.54) is 25.3 Å². The summed E-state index contributed by atoms with van der Waals surface area (Å²) in [5.74, 6) is -0.357. The van der Waals surface area contributed by atoms with Crippen LogP contribution in [0.4, 0.5) is 0 Å². The summed E-state index contributed by atoms with van der Waals surface area (Å²) in [6.07, 6.45) is 0. The molecule has 0 aliphatic rings. The molecule has 0 atom stereocenters. The van der Waals surface area contributed by atoms with Gasteiger partial charge in [0.25, 0.3) is 5.43 Å². The van der Waals surface area contributed by atoms with Gasteiger partial charge in [0.05, 0.1) is 7.11 Å². The van der Waals surface area contributed by atoms with Crippen LogP contribution in [0.5, 0.6) is 5.75 Å². The summed E-state index contributed by atoms with van der Waals surface area (Å²) in [4.78, 5) is 44.8. The lowest BCUT2D eigenvalue weighted by atomic mass is 10.2. The molecule has 0 aromatic heterocycles. The molecule has 2 rings (SSSR count). The predicted molar refractivity (Wildman–Crippen MR) is 62.6 cm³/mol. The molecular weight excluding hydrogens is 240 g/mol. The summed E-state index contributed by atoms with van der Waals surface area (Å²) in [6, 6.07) is 4.00. The Balaban J connectivity index is 2.42. The Morgan fingerprint density at radius 1 is 1.06 bits per heavy atom. The van der Waals surface area contributed by atoms with Crippen molar-refractivity contribution in [1.82, 2.24) is 0 Å². The summed E-state index contributed by atoms with van der Waals surface area (Å²) in [6.45, 7) is -0.314. The molecule has 6 heteroatoms. The summed E-state index contributed by atoms with van der Waals surface area (Å²) in [5.41, 5.74) is -2.71. The van der Waals surface area contributed by atoms with E-state index < -0.39 is 22.3 Å². The highest BCUT2D eigenvalue weighted by Crippen LogP contribution is 2.15. The second-order valence-corrected chi connectivity index (χ2v) is 3.56. The van der Waals surface area contributed by atoms with Gasteiger partial charge in [0.2, 0.25) is 10.9 Å². The molecule has 2 aromatic rings. The number of ether oxygens (including phenoxy) is 2. The first kappa shape index (κ1) is 12.0. The number of esters is 1. The molecule has 6 nitrogen and oxygen atoms in total. The van der Waals surface area contributed by atoms with Gasteiger partial charge in [-0.25, -0.2) is 4.79 Å². The molecule has 0 spiro atoms. The largest absolute Gasteiger partial charge is 0.482 e. The zero-order valence-electron chi connectivity index (χ0n) is 9.39. The minimum atomic E-state index is -1.05. The van der Waals surface area contributed by atoms with E-state index in [9.17, 15) is 19.2 Å². The predicted octanol–water partition coefficient (Wildman–Crippen LogP) is -0.652. The number of hydrogen-bond donors (Lipinski definition) is 0. The van der Waals surface area contributed by atoms with E-state index in [1.54, 1.807) is 0 Å². The van der Waals surface area contributed by atoms with Crippen molar-refractivity contribution in [2.45, 2.75) is 0 Å². The maximum atomic E-state index is 11.4. The van der Waals surface area contributed by atoms with E-state index in [2.05, 4.69) is 4.74 Å². The van der Waals surface area contributed by atoms with Gasteiger partial charge < -0.3 is 9.47 Å². The lowest BCUT2D eigenvalue weighted by molar-refractivity contribution is -0.142. The summed E-state index contributed by atoms with van der Waals surface area (Å²) < 4.78 is 9.43. The third-order valence-electron chi connectivity index (χ3n) is 2.48. The molecule has 0 saturated carbocycles. The molecule has 0 aliphatic heterocycles. The van der Waals surface area contributed by atoms with Crippen LogP contribution in [0.2, 0.25) is 0 Å². The van der Waals surface area contributed by atoms with Gasteiger partial charge in [-0.05, 0) is 18.2 Å². The van der Waals surface area contributed by atoms with Crippen LogP contribution in [0.3, 0.4) is 0 Å². The number of rotatable bonds is 3. The SMILES string of the molecule is COC(=O)COc1ccc2c(=O)c(=O)c(=O)c2c1. The molecule has 0 radical (unpaired) electrons. The molecule has 18 heavy (non-hydrogen) atoms. The van der Waals surface area contributed by atoms with Crippen molar-refractivity contribution in [2.24, 2.45) is 0 Å². The Morgan fingerprint density at radius 2 is 1.72 bits per heavy atom. The summed E-state index contributed by atoms with van der Waals surface area (Å²) in [5, 5.41) is 0.0720. The van der Waals surface area contributed by atoms with Crippen LogP contribution in [-0.4, -0.2) is 19.7 Å². The van der Waals surface area contributed by atoms with Gasteiger partial charge >= 0.3 is 5.97 Å². The van der Waals surface area contributed by atoms with Crippen LogP contribution in [0.1, 0.15) is 0 Å². The zero-order valence-corrected chi connectivity index (χ0v) is 9.39. The Hall–Kier alpha value is -2.50. The van der Waals surface area contributed by atoms with Crippen LogP contribution in [0.15, 0.2) is 32.6 Å². The van der Waals surface area contributed by atoms with Gasteiger partial charge in [0.15, 0.2) is 6.61 Å².